The van der Waals surface area contributed by atoms with Crippen LogP contribution < -0.4 is 20.7 Å². The summed E-state index contributed by atoms with van der Waals surface area (Å²) in [7, 11) is 0. The van der Waals surface area contributed by atoms with Crippen LogP contribution in [0.5, 0.6) is 0 Å². The molecule has 0 aromatic carbocycles. The number of pyridine rings is 1. The summed E-state index contributed by atoms with van der Waals surface area (Å²) in [6.07, 6.45) is 1.84. The monoisotopic (exact) mass is 501 g/mol. The number of hydrogen-bond acceptors (Lipinski definition) is 12. The molecular formula is C19H15N7O6S2. The summed E-state index contributed by atoms with van der Waals surface area (Å²) in [5.74, 6) is -3.12. The highest BCUT2D eigenvalue weighted by molar-refractivity contribution is 8.00. The molecule has 0 spiro atoms. The first-order valence-corrected chi connectivity index (χ1v) is 11.7. The number of oxime groups is 1. The third-order valence-corrected chi connectivity index (χ3v) is 7.64. The predicted octanol–water partition coefficient (Wildman–Crippen LogP) is -1.56. The smallest absolute Gasteiger partial charge is 0.319 e. The van der Waals surface area contributed by atoms with Crippen LogP contribution in [0.15, 0.2) is 50.7 Å². The molecule has 13 nitrogen and oxygen atoms in total. The molecule has 1 fully saturated rings. The number of carboxylic acid groups (broad SMARTS) is 1. The molecular weight excluding hydrogens is 486 g/mol. The van der Waals surface area contributed by atoms with E-state index in [2.05, 4.69) is 25.1 Å². The van der Waals surface area contributed by atoms with Crippen molar-refractivity contribution in [2.45, 2.75) is 18.0 Å². The molecule has 15 heteroatoms. The van der Waals surface area contributed by atoms with Gasteiger partial charge in [0.25, 0.3) is 16.6 Å². The quantitative estimate of drug-likeness (QED) is 0.117. The van der Waals surface area contributed by atoms with Crippen LogP contribution >= 0.6 is 23.1 Å². The molecule has 0 aliphatic carbocycles. The zero-order valence-electron chi connectivity index (χ0n) is 17.1. The number of aromatic nitrogens is 3. The highest BCUT2D eigenvalue weighted by Gasteiger charge is 2.53. The van der Waals surface area contributed by atoms with Gasteiger partial charge in [-0.2, -0.15) is 9.55 Å². The summed E-state index contributed by atoms with van der Waals surface area (Å²) in [4.78, 5) is 43.1. The van der Waals surface area contributed by atoms with Crippen LogP contribution in [0.25, 0.3) is 10.2 Å². The number of hydrogen-bond donors (Lipinski definition) is 3. The zero-order chi connectivity index (χ0) is 24.0. The van der Waals surface area contributed by atoms with Crippen molar-refractivity contribution in [3.05, 3.63) is 46.9 Å². The second kappa shape index (κ2) is 8.42. The van der Waals surface area contributed by atoms with Crippen molar-refractivity contribution in [1.29, 1.82) is 0 Å². The molecule has 5 rings (SSSR count). The number of aliphatic carboxylic acids is 1. The number of thiophene rings is 1. The molecule has 1 saturated heterocycles. The lowest BCUT2D eigenvalue weighted by Crippen LogP contribution is -2.71. The molecule has 0 radical (unpaired) electrons. The Balaban J connectivity index is 1.37. The summed E-state index contributed by atoms with van der Waals surface area (Å²) in [5, 5.41) is 32.2. The first-order valence-electron chi connectivity index (χ1n) is 9.75. The van der Waals surface area contributed by atoms with Gasteiger partial charge in [-0.05, 0) is 17.5 Å². The van der Waals surface area contributed by atoms with Crippen molar-refractivity contribution in [3.8, 4) is 0 Å². The van der Waals surface area contributed by atoms with Crippen molar-refractivity contribution in [2.24, 2.45) is 5.16 Å². The van der Waals surface area contributed by atoms with Crippen LogP contribution in [0.1, 0.15) is 5.82 Å². The van der Waals surface area contributed by atoms with E-state index in [1.165, 1.54) is 23.1 Å². The Bertz CT molecular complexity index is 1400. The Labute approximate surface area is 198 Å². The van der Waals surface area contributed by atoms with Crippen LogP contribution in [0.3, 0.4) is 0 Å². The van der Waals surface area contributed by atoms with Gasteiger partial charge in [0.05, 0.1) is 17.1 Å². The van der Waals surface area contributed by atoms with Crippen LogP contribution in [0, 0.1) is 0 Å². The van der Waals surface area contributed by atoms with Gasteiger partial charge in [0.2, 0.25) is 11.5 Å². The predicted molar refractivity (Wildman–Crippen MR) is 116 cm³/mol. The van der Waals surface area contributed by atoms with Gasteiger partial charge >= 0.3 is 6.01 Å². The maximum atomic E-state index is 12.9. The number of rotatable bonds is 6. The summed E-state index contributed by atoms with van der Waals surface area (Å²) in [5.41, 5.74) is 5.02. The van der Waals surface area contributed by atoms with Crippen LogP contribution in [0.2, 0.25) is 0 Å². The number of nitrogens with one attached hydrogen (secondary N) is 1. The molecule has 174 valence electrons. The molecule has 4 N–H and O–H groups in total. The van der Waals surface area contributed by atoms with Gasteiger partial charge in [0, 0.05) is 17.4 Å². The molecule has 2 aliphatic rings. The lowest BCUT2D eigenvalue weighted by Gasteiger charge is -2.50. The third kappa shape index (κ3) is 3.54. The van der Waals surface area contributed by atoms with Crippen molar-refractivity contribution in [3.63, 3.8) is 0 Å². The van der Waals surface area contributed by atoms with Gasteiger partial charge in [-0.1, -0.05) is 21.6 Å². The maximum Gasteiger partial charge on any atom is 0.319 e. The maximum absolute atomic E-state index is 12.9. The summed E-state index contributed by atoms with van der Waals surface area (Å²) < 4.78 is 6.48. The number of nitrogens with two attached hydrogens (primary N) is 1. The number of nitrogens with zero attached hydrogens (tertiary/aromatic N) is 5. The molecule has 3 aromatic rings. The normalized spacial score (nSPS) is 20.3. The summed E-state index contributed by atoms with van der Waals surface area (Å²) >= 11 is 2.83. The van der Waals surface area contributed by atoms with Crippen LogP contribution in [-0.2, 0) is 20.9 Å². The van der Waals surface area contributed by atoms with E-state index in [1.54, 1.807) is 0 Å². The highest BCUT2D eigenvalue weighted by Crippen LogP contribution is 2.40. The lowest BCUT2D eigenvalue weighted by molar-refractivity contribution is -0.661. The molecule has 34 heavy (non-hydrogen) atoms. The Morgan fingerprint density at radius 1 is 1.44 bits per heavy atom. The van der Waals surface area contributed by atoms with E-state index in [-0.39, 0.29) is 24.1 Å². The average Bonchev–Trinajstić information content (AvgIpc) is 3.47. The van der Waals surface area contributed by atoms with Gasteiger partial charge in [-0.15, -0.1) is 11.8 Å². The first kappa shape index (κ1) is 21.8. The minimum Gasteiger partial charge on any atom is -0.543 e. The first-order chi connectivity index (χ1) is 16.4. The fraction of sp³-hybridized carbons (Fsp3) is 0.211. The number of carbonyl (C=O) groups excluding carboxylic acids is 3. The molecule has 2 aliphatic heterocycles. The van der Waals surface area contributed by atoms with E-state index >= 15 is 0 Å². The third-order valence-electron chi connectivity index (χ3n) is 5.33. The van der Waals surface area contributed by atoms with Crippen molar-refractivity contribution < 1.29 is 33.8 Å². The van der Waals surface area contributed by atoms with E-state index in [4.69, 9.17) is 5.73 Å². The van der Waals surface area contributed by atoms with Gasteiger partial charge in [0.1, 0.15) is 11.4 Å². The minimum absolute atomic E-state index is 0.206. The SMILES string of the molecule is Nc1nc(C(=NO)C(=O)NC2C(=O)N3C(C(=O)[O-])=C(C[n+]4cccc5ccsc54)CS[C@@H]23)no1. The topological polar surface area (TPSA) is 191 Å². The number of β-lactam (4-membered cyclic amide) rings is 1. The molecule has 5 heterocycles. The van der Waals surface area contributed by atoms with Crippen molar-refractivity contribution in [1.82, 2.24) is 20.4 Å². The number of fused-ring (bicyclic) bond motifs is 2. The van der Waals surface area contributed by atoms with E-state index in [0.717, 1.165) is 15.1 Å². The number of carbonyl (C=O) groups is 3. The van der Waals surface area contributed by atoms with Gasteiger partial charge in [-0.3, -0.25) is 14.5 Å². The standard InChI is InChI=1S/C19H15N7O6S2/c20-19-22-13(24-32-19)10(23-31)14(27)21-11-15(28)26-12(18(29)30)9(7-34-17(11)26)6-25-4-1-2-8-3-5-33-16(8)25/h1-5,11,17H,6-7H2,(H4-,20,21,22,24,27,29,30,31)/t11?,17-/m0/s1. The Morgan fingerprint density at radius 2 is 2.26 bits per heavy atom. The van der Waals surface area contributed by atoms with E-state index < -0.39 is 34.9 Å². The van der Waals surface area contributed by atoms with Crippen LogP contribution in [0.4, 0.5) is 6.01 Å². The Morgan fingerprint density at radius 3 is 2.97 bits per heavy atom. The van der Waals surface area contributed by atoms with Crippen molar-refractivity contribution >= 4 is 62.8 Å². The van der Waals surface area contributed by atoms with E-state index in [1.807, 2.05) is 34.3 Å². The largest absolute Gasteiger partial charge is 0.543 e. The zero-order valence-corrected chi connectivity index (χ0v) is 18.7. The molecule has 3 aromatic heterocycles. The van der Waals surface area contributed by atoms with Gasteiger partial charge in [-0.25, -0.2) is 0 Å². The molecule has 1 unspecified atom stereocenters. The summed E-state index contributed by atoms with van der Waals surface area (Å²) in [6.45, 7) is 0.266. The van der Waals surface area contributed by atoms with E-state index in [9.17, 15) is 24.7 Å². The molecule has 2 amide bonds. The number of nitrogen functional groups attached to an aromatic ring is 1. The number of thioether (sulfide) groups is 1. The Hall–Kier alpha value is -3.98. The second-order valence-corrected chi connectivity index (χ2v) is 9.32. The highest BCUT2D eigenvalue weighted by atomic mass is 32.2. The Kier molecular flexibility index (Phi) is 5.41. The van der Waals surface area contributed by atoms with E-state index in [0.29, 0.717) is 11.3 Å². The van der Waals surface area contributed by atoms with Crippen LogP contribution in [-0.4, -0.2) is 60.9 Å². The second-order valence-electron chi connectivity index (χ2n) is 7.32. The minimum atomic E-state index is -1.47. The number of carboxylic acids is 1. The fourth-order valence-electron chi connectivity index (χ4n) is 3.85. The van der Waals surface area contributed by atoms with Gasteiger partial charge in [0.15, 0.2) is 12.7 Å². The van der Waals surface area contributed by atoms with Crippen molar-refractivity contribution in [2.75, 3.05) is 11.5 Å². The fourth-order valence-corrected chi connectivity index (χ4v) is 6.06. The summed E-state index contributed by atoms with van der Waals surface area (Å²) in [6, 6.07) is 4.40. The molecule has 2 atom stereocenters. The van der Waals surface area contributed by atoms with Gasteiger partial charge < -0.3 is 30.7 Å². The number of amides is 2. The molecule has 0 saturated carbocycles. The lowest BCUT2D eigenvalue weighted by atomic mass is 10.0. The average molecular weight is 502 g/mol. The number of anilines is 1. The molecule has 0 bridgehead atoms.